The van der Waals surface area contributed by atoms with E-state index in [1.807, 2.05) is 0 Å². The van der Waals surface area contributed by atoms with Crippen LogP contribution in [0.1, 0.15) is 0 Å². The van der Waals surface area contributed by atoms with Gasteiger partial charge in [-0.15, -0.1) is 0 Å². The molecule has 0 saturated carbocycles. The Morgan fingerprint density at radius 1 is 0.933 bits per heavy atom. The first-order valence-corrected chi connectivity index (χ1v) is 5.23. The summed E-state index contributed by atoms with van der Waals surface area (Å²) in [6.45, 7) is 0. The van der Waals surface area contributed by atoms with E-state index in [2.05, 4.69) is 9.97 Å². The number of nitrogens with zero attached hydrogens (tertiary/aromatic N) is 2. The standard InChI is InChI=1S/C10H5Cl3N2/c11-7-2-1-6(9(12)10(7)13)8-3-4-14-5-15-8/h1-5H. The molecule has 5 heteroatoms. The van der Waals surface area contributed by atoms with Gasteiger partial charge in [-0.3, -0.25) is 0 Å². The van der Waals surface area contributed by atoms with Gasteiger partial charge in [-0.2, -0.15) is 0 Å². The Bertz CT molecular complexity index is 486. The summed E-state index contributed by atoms with van der Waals surface area (Å²) in [6, 6.07) is 5.22. The van der Waals surface area contributed by atoms with Crippen LogP contribution < -0.4 is 0 Å². The zero-order chi connectivity index (χ0) is 10.8. The molecule has 0 N–H and O–H groups in total. The van der Waals surface area contributed by atoms with Crippen molar-refractivity contribution in [2.75, 3.05) is 0 Å². The molecular formula is C10H5Cl3N2. The van der Waals surface area contributed by atoms with Crippen LogP contribution in [0.2, 0.25) is 15.1 Å². The summed E-state index contributed by atoms with van der Waals surface area (Å²) in [5.41, 5.74) is 1.46. The van der Waals surface area contributed by atoms with Crippen molar-refractivity contribution in [1.82, 2.24) is 9.97 Å². The fraction of sp³-hybridized carbons (Fsp3) is 0. The van der Waals surface area contributed by atoms with Gasteiger partial charge in [0.25, 0.3) is 0 Å². The molecule has 15 heavy (non-hydrogen) atoms. The quantitative estimate of drug-likeness (QED) is 0.721. The number of rotatable bonds is 1. The van der Waals surface area contributed by atoms with Gasteiger partial charge in [-0.05, 0) is 18.2 Å². The van der Waals surface area contributed by atoms with Crippen LogP contribution in [0.3, 0.4) is 0 Å². The molecule has 1 aromatic heterocycles. The van der Waals surface area contributed by atoms with E-state index in [0.29, 0.717) is 20.8 Å². The molecule has 2 rings (SSSR count). The fourth-order valence-electron chi connectivity index (χ4n) is 1.17. The zero-order valence-corrected chi connectivity index (χ0v) is 9.68. The van der Waals surface area contributed by atoms with Crippen molar-refractivity contribution < 1.29 is 0 Å². The lowest BCUT2D eigenvalue weighted by atomic mass is 10.1. The zero-order valence-electron chi connectivity index (χ0n) is 7.42. The van der Waals surface area contributed by atoms with Crippen molar-refractivity contribution in [2.24, 2.45) is 0 Å². The van der Waals surface area contributed by atoms with Gasteiger partial charge in [0.15, 0.2) is 0 Å². The highest BCUT2D eigenvalue weighted by Crippen LogP contribution is 2.36. The van der Waals surface area contributed by atoms with E-state index in [1.54, 1.807) is 24.4 Å². The Morgan fingerprint density at radius 2 is 1.73 bits per heavy atom. The number of benzene rings is 1. The Labute approximate surface area is 102 Å². The van der Waals surface area contributed by atoms with Crippen LogP contribution in [0.5, 0.6) is 0 Å². The second-order valence-corrected chi connectivity index (χ2v) is 3.98. The first-order valence-electron chi connectivity index (χ1n) is 4.10. The molecule has 2 aromatic rings. The van der Waals surface area contributed by atoms with Crippen LogP contribution in [-0.4, -0.2) is 9.97 Å². The van der Waals surface area contributed by atoms with Crippen molar-refractivity contribution in [3.05, 3.63) is 45.8 Å². The summed E-state index contributed by atoms with van der Waals surface area (Å²) >= 11 is 17.8. The molecule has 76 valence electrons. The minimum Gasteiger partial charge on any atom is -0.245 e. The van der Waals surface area contributed by atoms with Gasteiger partial charge in [-0.25, -0.2) is 9.97 Å². The van der Waals surface area contributed by atoms with Crippen LogP contribution in [0, 0.1) is 0 Å². The van der Waals surface area contributed by atoms with Gasteiger partial charge < -0.3 is 0 Å². The molecule has 0 saturated heterocycles. The number of aromatic nitrogens is 2. The van der Waals surface area contributed by atoms with E-state index in [9.17, 15) is 0 Å². The topological polar surface area (TPSA) is 25.8 Å². The van der Waals surface area contributed by atoms with E-state index in [4.69, 9.17) is 34.8 Å². The van der Waals surface area contributed by atoms with Gasteiger partial charge >= 0.3 is 0 Å². The molecule has 1 aromatic carbocycles. The van der Waals surface area contributed by atoms with Gasteiger partial charge in [0.05, 0.1) is 20.8 Å². The summed E-state index contributed by atoms with van der Waals surface area (Å²) < 4.78 is 0. The normalized spacial score (nSPS) is 10.3. The lowest BCUT2D eigenvalue weighted by molar-refractivity contribution is 1.17. The highest BCUT2D eigenvalue weighted by Gasteiger charge is 2.10. The summed E-state index contributed by atoms with van der Waals surface area (Å²) in [5.74, 6) is 0. The van der Waals surface area contributed by atoms with E-state index in [1.165, 1.54) is 6.33 Å². The Kier molecular flexibility index (Phi) is 3.10. The monoisotopic (exact) mass is 258 g/mol. The van der Waals surface area contributed by atoms with E-state index in [-0.39, 0.29) is 0 Å². The lowest BCUT2D eigenvalue weighted by Gasteiger charge is -2.05. The second kappa shape index (κ2) is 4.35. The Balaban J connectivity index is 2.60. The number of halogens is 3. The maximum absolute atomic E-state index is 6.06. The fourth-order valence-corrected chi connectivity index (χ4v) is 1.81. The van der Waals surface area contributed by atoms with Crippen LogP contribution >= 0.6 is 34.8 Å². The number of hydrogen-bond acceptors (Lipinski definition) is 2. The highest BCUT2D eigenvalue weighted by atomic mass is 35.5. The summed E-state index contributed by atoms with van der Waals surface area (Å²) in [4.78, 5) is 7.91. The van der Waals surface area contributed by atoms with Gasteiger partial charge in [0.1, 0.15) is 6.33 Å². The molecule has 0 fully saturated rings. The van der Waals surface area contributed by atoms with Gasteiger partial charge in [0.2, 0.25) is 0 Å². The molecule has 0 spiro atoms. The number of hydrogen-bond donors (Lipinski definition) is 0. The molecule has 0 aliphatic heterocycles. The molecule has 0 bridgehead atoms. The molecule has 2 nitrogen and oxygen atoms in total. The minimum atomic E-state index is 0.342. The summed E-state index contributed by atoms with van der Waals surface area (Å²) in [7, 11) is 0. The van der Waals surface area contributed by atoms with Crippen molar-refractivity contribution in [3.8, 4) is 11.3 Å². The Hall–Kier alpha value is -0.830. The first kappa shape index (κ1) is 10.7. The summed E-state index contributed by atoms with van der Waals surface area (Å²) in [5, 5.41) is 1.18. The third-order valence-corrected chi connectivity index (χ3v) is 3.19. The maximum atomic E-state index is 6.06. The van der Waals surface area contributed by atoms with Crippen molar-refractivity contribution in [3.63, 3.8) is 0 Å². The predicted molar refractivity (Wildman–Crippen MR) is 62.5 cm³/mol. The molecule has 0 atom stereocenters. The largest absolute Gasteiger partial charge is 0.245 e. The van der Waals surface area contributed by atoms with Crippen LogP contribution in [0.15, 0.2) is 30.7 Å². The van der Waals surface area contributed by atoms with Gasteiger partial charge in [-0.1, -0.05) is 34.8 Å². The molecular weight excluding hydrogens is 254 g/mol. The summed E-state index contributed by atoms with van der Waals surface area (Å²) in [6.07, 6.45) is 3.09. The molecule has 0 amide bonds. The smallest absolute Gasteiger partial charge is 0.116 e. The minimum absolute atomic E-state index is 0.342. The SMILES string of the molecule is Clc1ccc(-c2ccncn2)c(Cl)c1Cl. The van der Waals surface area contributed by atoms with Crippen LogP contribution in [-0.2, 0) is 0 Å². The molecule has 1 heterocycles. The van der Waals surface area contributed by atoms with Gasteiger partial charge in [0, 0.05) is 11.8 Å². The third-order valence-electron chi connectivity index (χ3n) is 1.89. The van der Waals surface area contributed by atoms with Crippen molar-refractivity contribution in [2.45, 2.75) is 0 Å². The lowest BCUT2D eigenvalue weighted by Crippen LogP contribution is -1.86. The Morgan fingerprint density at radius 3 is 2.40 bits per heavy atom. The van der Waals surface area contributed by atoms with Crippen molar-refractivity contribution >= 4 is 34.8 Å². The predicted octanol–water partition coefficient (Wildman–Crippen LogP) is 4.10. The second-order valence-electron chi connectivity index (χ2n) is 2.82. The molecule has 0 radical (unpaired) electrons. The molecule has 0 unspecified atom stereocenters. The van der Waals surface area contributed by atoms with Crippen LogP contribution in [0.25, 0.3) is 11.3 Å². The van der Waals surface area contributed by atoms with E-state index >= 15 is 0 Å². The van der Waals surface area contributed by atoms with Crippen molar-refractivity contribution in [1.29, 1.82) is 0 Å². The molecule has 0 aliphatic carbocycles. The van der Waals surface area contributed by atoms with Crippen LogP contribution in [0.4, 0.5) is 0 Å². The maximum Gasteiger partial charge on any atom is 0.116 e. The van der Waals surface area contributed by atoms with E-state index < -0.39 is 0 Å². The average molecular weight is 260 g/mol. The highest BCUT2D eigenvalue weighted by molar-refractivity contribution is 6.49. The third kappa shape index (κ3) is 2.07. The van der Waals surface area contributed by atoms with E-state index in [0.717, 1.165) is 5.56 Å². The molecule has 0 aliphatic rings. The first-order chi connectivity index (χ1) is 7.20. The average Bonchev–Trinajstić information content (AvgIpc) is 2.27.